The third-order valence-electron chi connectivity index (χ3n) is 3.48. The summed E-state index contributed by atoms with van der Waals surface area (Å²) in [6, 6.07) is 0. The molecule has 0 radical (unpaired) electrons. The van der Waals surface area contributed by atoms with Crippen LogP contribution in [0.1, 0.15) is 53.9 Å². The highest BCUT2D eigenvalue weighted by atomic mass is 16.5. The second kappa shape index (κ2) is 6.88. The van der Waals surface area contributed by atoms with E-state index in [9.17, 15) is 0 Å². The minimum absolute atomic E-state index is 0.741. The van der Waals surface area contributed by atoms with Crippen molar-refractivity contribution in [1.29, 1.82) is 0 Å². The zero-order chi connectivity index (χ0) is 12.8. The minimum Gasteiger partial charge on any atom is -0.498 e. The molecule has 0 saturated heterocycles. The second-order valence-electron chi connectivity index (χ2n) is 5.79. The summed E-state index contributed by atoms with van der Waals surface area (Å²) < 4.78 is 5.57. The molecule has 1 atom stereocenters. The van der Waals surface area contributed by atoms with E-state index in [1.165, 1.54) is 12.8 Å². The molecule has 0 N–H and O–H groups in total. The molecule has 1 nitrogen and oxygen atoms in total. The quantitative estimate of drug-likeness (QED) is 0.634. The molecule has 98 valence electrons. The lowest BCUT2D eigenvalue weighted by atomic mass is 9.79. The van der Waals surface area contributed by atoms with Crippen molar-refractivity contribution < 1.29 is 4.74 Å². The van der Waals surface area contributed by atoms with Crippen LogP contribution in [0.15, 0.2) is 23.5 Å². The number of hydrogen-bond acceptors (Lipinski definition) is 1. The highest BCUT2D eigenvalue weighted by Crippen LogP contribution is 2.33. The van der Waals surface area contributed by atoms with E-state index in [2.05, 4.69) is 46.8 Å². The molecule has 0 amide bonds. The molecular formula is C16H28O. The lowest BCUT2D eigenvalue weighted by Gasteiger charge is -2.28. The van der Waals surface area contributed by atoms with Gasteiger partial charge in [-0.3, -0.25) is 0 Å². The van der Waals surface area contributed by atoms with Crippen LogP contribution in [0.5, 0.6) is 0 Å². The van der Waals surface area contributed by atoms with Gasteiger partial charge >= 0.3 is 0 Å². The van der Waals surface area contributed by atoms with E-state index in [1.54, 1.807) is 5.57 Å². The molecule has 0 heterocycles. The summed E-state index contributed by atoms with van der Waals surface area (Å²) in [6.45, 7) is 12.2. The van der Waals surface area contributed by atoms with Gasteiger partial charge in [0, 0.05) is 6.42 Å². The molecule has 1 unspecified atom stereocenters. The normalized spacial score (nSPS) is 18.1. The van der Waals surface area contributed by atoms with Gasteiger partial charge in [0.1, 0.15) is 0 Å². The van der Waals surface area contributed by atoms with Crippen LogP contribution in [-0.2, 0) is 4.74 Å². The molecule has 0 aliphatic heterocycles. The molecule has 0 aromatic carbocycles. The van der Waals surface area contributed by atoms with Crippen LogP contribution in [0.4, 0.5) is 0 Å². The van der Waals surface area contributed by atoms with Crippen LogP contribution in [0.3, 0.4) is 0 Å². The minimum atomic E-state index is 0.741. The van der Waals surface area contributed by atoms with Crippen molar-refractivity contribution in [3.8, 4) is 0 Å². The molecule has 0 bridgehead atoms. The predicted molar refractivity (Wildman–Crippen MR) is 74.8 cm³/mol. The Morgan fingerprint density at radius 2 is 1.82 bits per heavy atom. The summed E-state index contributed by atoms with van der Waals surface area (Å²) in [4.78, 5) is 0. The summed E-state index contributed by atoms with van der Waals surface area (Å²) in [7, 11) is 0. The fourth-order valence-electron chi connectivity index (χ4n) is 2.61. The van der Waals surface area contributed by atoms with Gasteiger partial charge < -0.3 is 4.74 Å². The molecule has 0 fully saturated rings. The number of ether oxygens (including phenoxy) is 1. The van der Waals surface area contributed by atoms with Crippen LogP contribution < -0.4 is 0 Å². The average Bonchev–Trinajstić information content (AvgIpc) is 2.27. The summed E-state index contributed by atoms with van der Waals surface area (Å²) in [5.74, 6) is 3.42. The third-order valence-corrected chi connectivity index (χ3v) is 3.48. The first kappa shape index (κ1) is 14.3. The largest absolute Gasteiger partial charge is 0.498 e. The van der Waals surface area contributed by atoms with Gasteiger partial charge in [-0.05, 0) is 43.6 Å². The van der Waals surface area contributed by atoms with E-state index < -0.39 is 0 Å². The van der Waals surface area contributed by atoms with E-state index >= 15 is 0 Å². The Labute approximate surface area is 107 Å². The van der Waals surface area contributed by atoms with E-state index in [1.807, 2.05) is 0 Å². The Kier molecular flexibility index (Phi) is 5.80. The van der Waals surface area contributed by atoms with Gasteiger partial charge in [-0.1, -0.05) is 39.3 Å². The Morgan fingerprint density at radius 3 is 2.24 bits per heavy atom. The number of allylic oxidation sites excluding steroid dienone is 4. The van der Waals surface area contributed by atoms with Gasteiger partial charge in [-0.2, -0.15) is 0 Å². The predicted octanol–water partition coefficient (Wildman–Crippen LogP) is 4.95. The standard InChI is InChI=1S/C16H28O/c1-6-17-15-9-7-14(8-10-15)16(13(4)5)11-12(2)3/h7,9,12-13,16H,6,8,10-11H2,1-5H3. The van der Waals surface area contributed by atoms with Gasteiger partial charge in [0.05, 0.1) is 12.4 Å². The van der Waals surface area contributed by atoms with Crippen LogP contribution in [0.2, 0.25) is 0 Å². The van der Waals surface area contributed by atoms with E-state index in [4.69, 9.17) is 4.74 Å². The zero-order valence-corrected chi connectivity index (χ0v) is 12.1. The molecule has 1 aliphatic rings. The van der Waals surface area contributed by atoms with E-state index in [0.29, 0.717) is 0 Å². The topological polar surface area (TPSA) is 9.23 Å². The summed E-state index contributed by atoms with van der Waals surface area (Å²) >= 11 is 0. The molecule has 0 aromatic heterocycles. The van der Waals surface area contributed by atoms with E-state index in [-0.39, 0.29) is 0 Å². The van der Waals surface area contributed by atoms with Gasteiger partial charge in [-0.25, -0.2) is 0 Å². The van der Waals surface area contributed by atoms with E-state index in [0.717, 1.165) is 36.5 Å². The summed E-state index contributed by atoms with van der Waals surface area (Å²) in [6.07, 6.45) is 8.06. The molecule has 1 heteroatoms. The first-order chi connectivity index (χ1) is 8.04. The van der Waals surface area contributed by atoms with Crippen molar-refractivity contribution >= 4 is 0 Å². The highest BCUT2D eigenvalue weighted by Gasteiger charge is 2.21. The number of hydrogen-bond donors (Lipinski definition) is 0. The molecule has 0 spiro atoms. The van der Waals surface area contributed by atoms with Crippen molar-refractivity contribution in [2.45, 2.75) is 53.9 Å². The maximum atomic E-state index is 5.57. The fraction of sp³-hybridized carbons (Fsp3) is 0.750. The molecule has 17 heavy (non-hydrogen) atoms. The van der Waals surface area contributed by atoms with Crippen LogP contribution >= 0.6 is 0 Å². The number of rotatable bonds is 6. The van der Waals surface area contributed by atoms with Crippen molar-refractivity contribution in [2.75, 3.05) is 6.61 Å². The van der Waals surface area contributed by atoms with Gasteiger partial charge in [0.25, 0.3) is 0 Å². The maximum absolute atomic E-state index is 5.57. The van der Waals surface area contributed by atoms with Crippen LogP contribution in [0.25, 0.3) is 0 Å². The highest BCUT2D eigenvalue weighted by molar-refractivity contribution is 5.23. The molecule has 0 saturated carbocycles. The van der Waals surface area contributed by atoms with Gasteiger partial charge in [0.15, 0.2) is 0 Å². The summed E-state index contributed by atoms with van der Waals surface area (Å²) in [5, 5.41) is 0. The van der Waals surface area contributed by atoms with Crippen molar-refractivity contribution in [3.05, 3.63) is 23.5 Å². The lowest BCUT2D eigenvalue weighted by Crippen LogP contribution is -2.16. The Morgan fingerprint density at radius 1 is 1.12 bits per heavy atom. The van der Waals surface area contributed by atoms with Gasteiger partial charge in [-0.15, -0.1) is 0 Å². The Bertz CT molecular complexity index is 284. The second-order valence-corrected chi connectivity index (χ2v) is 5.79. The smallest absolute Gasteiger partial charge is 0.0962 e. The SMILES string of the molecule is CCOC1=CC=C(C(CC(C)C)C(C)C)CC1. The Hall–Kier alpha value is -0.720. The van der Waals surface area contributed by atoms with Gasteiger partial charge in [0.2, 0.25) is 0 Å². The maximum Gasteiger partial charge on any atom is 0.0962 e. The lowest BCUT2D eigenvalue weighted by molar-refractivity contribution is 0.215. The molecule has 1 rings (SSSR count). The first-order valence-electron chi connectivity index (χ1n) is 7.07. The summed E-state index contributed by atoms with van der Waals surface area (Å²) in [5.41, 5.74) is 1.62. The monoisotopic (exact) mass is 236 g/mol. The molecule has 1 aliphatic carbocycles. The average molecular weight is 236 g/mol. The van der Waals surface area contributed by atoms with Crippen molar-refractivity contribution in [2.24, 2.45) is 17.8 Å². The molecule has 0 aromatic rings. The molecular weight excluding hydrogens is 208 g/mol. The Balaban J connectivity index is 2.70. The van der Waals surface area contributed by atoms with Crippen LogP contribution in [0, 0.1) is 17.8 Å². The zero-order valence-electron chi connectivity index (χ0n) is 12.1. The first-order valence-corrected chi connectivity index (χ1v) is 7.07. The van der Waals surface area contributed by atoms with Crippen LogP contribution in [-0.4, -0.2) is 6.61 Å². The van der Waals surface area contributed by atoms with Crippen molar-refractivity contribution in [1.82, 2.24) is 0 Å². The fourth-order valence-corrected chi connectivity index (χ4v) is 2.61. The van der Waals surface area contributed by atoms with Crippen molar-refractivity contribution in [3.63, 3.8) is 0 Å². The third kappa shape index (κ3) is 4.57.